The summed E-state index contributed by atoms with van der Waals surface area (Å²) >= 11 is 1.42. The van der Waals surface area contributed by atoms with E-state index in [9.17, 15) is 4.79 Å². The lowest BCUT2D eigenvalue weighted by molar-refractivity contribution is -0.115. The number of rotatable bonds is 4. The van der Waals surface area contributed by atoms with Crippen molar-refractivity contribution in [3.63, 3.8) is 0 Å². The minimum atomic E-state index is -0.114. The van der Waals surface area contributed by atoms with E-state index in [0.717, 1.165) is 33.5 Å². The fourth-order valence-corrected chi connectivity index (χ4v) is 4.01. The van der Waals surface area contributed by atoms with Crippen molar-refractivity contribution < 1.29 is 14.3 Å². The maximum Gasteiger partial charge on any atom is 0.230 e. The molecule has 2 N–H and O–H groups in total. The minimum absolute atomic E-state index is 0.114. The first-order valence-electron chi connectivity index (χ1n) is 8.97. The predicted molar refractivity (Wildman–Crippen MR) is 109 cm³/mol. The monoisotopic (exact) mass is 391 g/mol. The number of carbonyl (C=O) groups excluding carboxylic acids is 1. The van der Waals surface area contributed by atoms with E-state index in [4.69, 9.17) is 9.47 Å². The van der Waals surface area contributed by atoms with Crippen molar-refractivity contribution in [1.29, 1.82) is 0 Å². The van der Waals surface area contributed by atoms with Crippen molar-refractivity contribution in [2.45, 2.75) is 6.42 Å². The average Bonchev–Trinajstić information content (AvgIpc) is 3.34. The molecular formula is C21H17N3O3S. The number of aromatic amines is 1. The third kappa shape index (κ3) is 3.20. The van der Waals surface area contributed by atoms with Crippen LogP contribution < -0.4 is 14.8 Å². The van der Waals surface area contributed by atoms with Crippen LogP contribution in [0.25, 0.3) is 22.2 Å². The van der Waals surface area contributed by atoms with Crippen LogP contribution in [-0.2, 0) is 11.2 Å². The number of nitrogens with zero attached hydrogens (tertiary/aromatic N) is 1. The number of fused-ring (bicyclic) bond motifs is 2. The number of carbonyl (C=O) groups is 1. The Bertz CT molecular complexity index is 1160. The first kappa shape index (κ1) is 16.8. The van der Waals surface area contributed by atoms with E-state index in [0.29, 0.717) is 24.1 Å². The number of H-pyrrole nitrogens is 1. The Hall–Kier alpha value is -3.32. The smallest absolute Gasteiger partial charge is 0.230 e. The Labute approximate surface area is 165 Å². The number of thiazole rings is 1. The van der Waals surface area contributed by atoms with Crippen LogP contribution in [0.2, 0.25) is 0 Å². The molecule has 3 heterocycles. The molecule has 0 fully saturated rings. The summed E-state index contributed by atoms with van der Waals surface area (Å²) in [5.74, 6) is 1.29. The van der Waals surface area contributed by atoms with Crippen LogP contribution in [0, 0.1) is 0 Å². The Morgan fingerprint density at radius 2 is 2.00 bits per heavy atom. The molecule has 0 aliphatic carbocycles. The molecule has 7 heteroatoms. The van der Waals surface area contributed by atoms with Crippen molar-refractivity contribution in [2.24, 2.45) is 0 Å². The zero-order valence-corrected chi connectivity index (χ0v) is 15.7. The zero-order valence-electron chi connectivity index (χ0n) is 14.9. The molecule has 0 saturated carbocycles. The number of nitrogens with one attached hydrogen (secondary N) is 2. The average molecular weight is 391 g/mol. The number of ether oxygens (including phenoxy) is 2. The van der Waals surface area contributed by atoms with Crippen molar-refractivity contribution in [3.05, 3.63) is 59.6 Å². The molecule has 4 aromatic rings. The number of benzene rings is 2. The van der Waals surface area contributed by atoms with Crippen molar-refractivity contribution in [2.75, 3.05) is 18.5 Å². The van der Waals surface area contributed by atoms with E-state index in [1.54, 1.807) is 0 Å². The molecule has 0 radical (unpaired) electrons. The van der Waals surface area contributed by atoms with Gasteiger partial charge in [0.15, 0.2) is 16.6 Å². The fourth-order valence-electron chi connectivity index (χ4n) is 3.28. The van der Waals surface area contributed by atoms with Gasteiger partial charge in [-0.1, -0.05) is 24.3 Å². The number of anilines is 1. The van der Waals surface area contributed by atoms with Crippen molar-refractivity contribution >= 4 is 33.3 Å². The maximum atomic E-state index is 12.4. The number of aromatic nitrogens is 2. The lowest BCUT2D eigenvalue weighted by atomic mass is 10.1. The maximum absolute atomic E-state index is 12.4. The van der Waals surface area contributed by atoms with Gasteiger partial charge in [-0.3, -0.25) is 4.79 Å². The SMILES string of the molecule is O=C(Cc1ccc2c(c1)OCCO2)Nc1nc(-c2c[nH]c3ccccc23)cs1. The molecule has 0 saturated heterocycles. The third-order valence-corrected chi connectivity index (χ3v) is 5.34. The summed E-state index contributed by atoms with van der Waals surface area (Å²) < 4.78 is 11.1. The van der Waals surface area contributed by atoms with Crippen molar-refractivity contribution in [3.8, 4) is 22.8 Å². The number of hydrogen-bond donors (Lipinski definition) is 2. The van der Waals surface area contributed by atoms with E-state index >= 15 is 0 Å². The highest BCUT2D eigenvalue weighted by molar-refractivity contribution is 7.14. The largest absolute Gasteiger partial charge is 0.486 e. The van der Waals surface area contributed by atoms with Crippen LogP contribution in [0.3, 0.4) is 0 Å². The molecule has 6 nitrogen and oxygen atoms in total. The molecule has 0 bridgehead atoms. The van der Waals surface area contributed by atoms with Gasteiger partial charge in [-0.05, 0) is 23.8 Å². The minimum Gasteiger partial charge on any atom is -0.486 e. The van der Waals surface area contributed by atoms with Crippen molar-refractivity contribution in [1.82, 2.24) is 9.97 Å². The summed E-state index contributed by atoms with van der Waals surface area (Å²) in [7, 11) is 0. The van der Waals surface area contributed by atoms with Crippen LogP contribution in [0.15, 0.2) is 54.0 Å². The summed E-state index contributed by atoms with van der Waals surface area (Å²) in [5.41, 5.74) is 3.81. The van der Waals surface area contributed by atoms with Crippen LogP contribution >= 0.6 is 11.3 Å². The van der Waals surface area contributed by atoms with Gasteiger partial charge in [-0.25, -0.2) is 4.98 Å². The first-order chi connectivity index (χ1) is 13.8. The zero-order chi connectivity index (χ0) is 18.9. The standard InChI is InChI=1S/C21H17N3O3S/c25-20(10-13-5-6-18-19(9-13)27-8-7-26-18)24-21-23-17(12-28-21)15-11-22-16-4-2-1-3-14(15)16/h1-6,9,11-12,22H,7-8,10H2,(H,23,24,25). The molecule has 5 rings (SSSR count). The summed E-state index contributed by atoms with van der Waals surface area (Å²) in [6, 6.07) is 13.7. The summed E-state index contributed by atoms with van der Waals surface area (Å²) in [5, 5.41) is 6.54. The van der Waals surface area contributed by atoms with E-state index in [2.05, 4.69) is 21.4 Å². The van der Waals surface area contributed by atoms with Gasteiger partial charge in [0.1, 0.15) is 13.2 Å². The van der Waals surface area contributed by atoms with E-state index < -0.39 is 0 Å². The normalized spacial score (nSPS) is 12.9. The molecule has 140 valence electrons. The molecule has 0 unspecified atom stereocenters. The molecule has 2 aromatic carbocycles. The molecule has 2 aromatic heterocycles. The lowest BCUT2D eigenvalue weighted by Crippen LogP contribution is -2.17. The lowest BCUT2D eigenvalue weighted by Gasteiger charge is -2.18. The van der Waals surface area contributed by atoms with Gasteiger partial charge in [0.05, 0.1) is 12.1 Å². The molecule has 0 atom stereocenters. The molecule has 0 spiro atoms. The molecule has 1 amide bonds. The quantitative estimate of drug-likeness (QED) is 0.545. The number of hydrogen-bond acceptors (Lipinski definition) is 5. The van der Waals surface area contributed by atoms with E-state index in [1.807, 2.05) is 48.0 Å². The van der Waals surface area contributed by atoms with Crippen LogP contribution in [-0.4, -0.2) is 29.1 Å². The number of para-hydroxylation sites is 1. The second-order valence-electron chi connectivity index (χ2n) is 6.49. The van der Waals surface area contributed by atoms with Gasteiger partial charge in [0.25, 0.3) is 0 Å². The van der Waals surface area contributed by atoms with E-state index in [-0.39, 0.29) is 12.3 Å². The number of amides is 1. The fraction of sp³-hybridized carbons (Fsp3) is 0.143. The van der Waals surface area contributed by atoms with Gasteiger partial charge < -0.3 is 19.8 Å². The summed E-state index contributed by atoms with van der Waals surface area (Å²) in [4.78, 5) is 20.3. The van der Waals surface area contributed by atoms with Gasteiger partial charge in [-0.2, -0.15) is 0 Å². The van der Waals surface area contributed by atoms with Crippen LogP contribution in [0.5, 0.6) is 11.5 Å². The Morgan fingerprint density at radius 3 is 2.93 bits per heavy atom. The Kier molecular flexibility index (Phi) is 4.21. The summed E-state index contributed by atoms with van der Waals surface area (Å²) in [6.07, 6.45) is 2.19. The van der Waals surface area contributed by atoms with Crippen LogP contribution in [0.1, 0.15) is 5.56 Å². The molecule has 28 heavy (non-hydrogen) atoms. The molecular weight excluding hydrogens is 374 g/mol. The van der Waals surface area contributed by atoms with Crippen LogP contribution in [0.4, 0.5) is 5.13 Å². The molecule has 1 aliphatic heterocycles. The highest BCUT2D eigenvalue weighted by atomic mass is 32.1. The second-order valence-corrected chi connectivity index (χ2v) is 7.35. The van der Waals surface area contributed by atoms with Gasteiger partial charge in [0, 0.05) is 28.0 Å². The highest BCUT2D eigenvalue weighted by Crippen LogP contribution is 2.32. The van der Waals surface area contributed by atoms with E-state index in [1.165, 1.54) is 11.3 Å². The molecule has 1 aliphatic rings. The van der Waals surface area contributed by atoms with Gasteiger partial charge >= 0.3 is 0 Å². The highest BCUT2D eigenvalue weighted by Gasteiger charge is 2.15. The topological polar surface area (TPSA) is 76.2 Å². The third-order valence-electron chi connectivity index (χ3n) is 4.59. The van der Waals surface area contributed by atoms with Gasteiger partial charge in [-0.15, -0.1) is 11.3 Å². The Morgan fingerprint density at radius 1 is 1.14 bits per heavy atom. The van der Waals surface area contributed by atoms with Gasteiger partial charge in [0.2, 0.25) is 5.91 Å². The first-order valence-corrected chi connectivity index (χ1v) is 9.84. The second kappa shape index (κ2) is 7.01. The predicted octanol–water partition coefficient (Wildman–Crippen LogP) is 4.24. The Balaban J connectivity index is 1.30. The summed E-state index contributed by atoms with van der Waals surface area (Å²) in [6.45, 7) is 1.08.